The first kappa shape index (κ1) is 16.7. The molecule has 6 nitrogen and oxygen atoms in total. The van der Waals surface area contributed by atoms with E-state index in [9.17, 15) is 8.42 Å². The summed E-state index contributed by atoms with van der Waals surface area (Å²) >= 11 is 0. The van der Waals surface area contributed by atoms with E-state index in [1.54, 1.807) is 0 Å². The van der Waals surface area contributed by atoms with Crippen molar-refractivity contribution in [2.24, 2.45) is 0 Å². The van der Waals surface area contributed by atoms with Crippen LogP contribution in [0.5, 0.6) is 5.75 Å². The summed E-state index contributed by atoms with van der Waals surface area (Å²) in [5, 5.41) is 0. The molecule has 0 heterocycles. The average molecular weight is 301 g/mol. The molecular weight excluding hydrogens is 278 g/mol. The fourth-order valence-corrected chi connectivity index (χ4v) is 2.77. The molecule has 0 saturated heterocycles. The SMILES string of the molecule is COc1cc(N)ccc1S(=O)(=O)NCCN(C)C(C)C. The maximum absolute atomic E-state index is 12.2. The molecule has 0 radical (unpaired) electrons. The van der Waals surface area contributed by atoms with Gasteiger partial charge in [0.2, 0.25) is 10.0 Å². The molecule has 0 saturated carbocycles. The fraction of sp³-hybridized carbons (Fsp3) is 0.538. The molecule has 0 unspecified atom stereocenters. The zero-order valence-corrected chi connectivity index (χ0v) is 13.2. The number of likely N-dealkylation sites (N-methyl/N-ethyl adjacent to an activating group) is 1. The first-order valence-electron chi connectivity index (χ1n) is 6.41. The summed E-state index contributed by atoms with van der Waals surface area (Å²) in [6, 6.07) is 4.85. The molecule has 1 aromatic carbocycles. The van der Waals surface area contributed by atoms with E-state index in [-0.39, 0.29) is 10.6 Å². The maximum Gasteiger partial charge on any atom is 0.244 e. The minimum absolute atomic E-state index is 0.0985. The standard InChI is InChI=1S/C13H23N3O3S/c1-10(2)16(3)8-7-15-20(17,18)13-6-5-11(14)9-12(13)19-4/h5-6,9-10,15H,7-8,14H2,1-4H3. The lowest BCUT2D eigenvalue weighted by Gasteiger charge is -2.21. The van der Waals surface area contributed by atoms with Crippen LogP contribution in [0.3, 0.4) is 0 Å². The highest BCUT2D eigenvalue weighted by Crippen LogP contribution is 2.25. The Labute approximate surface area is 121 Å². The van der Waals surface area contributed by atoms with Crippen molar-refractivity contribution in [3.63, 3.8) is 0 Å². The Morgan fingerprint density at radius 3 is 2.60 bits per heavy atom. The van der Waals surface area contributed by atoms with Crippen molar-refractivity contribution in [3.8, 4) is 5.75 Å². The Morgan fingerprint density at radius 2 is 2.05 bits per heavy atom. The fourth-order valence-electron chi connectivity index (χ4n) is 1.60. The van der Waals surface area contributed by atoms with Gasteiger partial charge >= 0.3 is 0 Å². The van der Waals surface area contributed by atoms with Crippen LogP contribution in [0, 0.1) is 0 Å². The van der Waals surface area contributed by atoms with E-state index in [1.165, 1.54) is 25.3 Å². The third-order valence-electron chi connectivity index (χ3n) is 3.12. The van der Waals surface area contributed by atoms with Gasteiger partial charge < -0.3 is 15.4 Å². The smallest absolute Gasteiger partial charge is 0.244 e. The quantitative estimate of drug-likeness (QED) is 0.731. The van der Waals surface area contributed by atoms with Gasteiger partial charge in [0, 0.05) is 30.9 Å². The van der Waals surface area contributed by atoms with Crippen molar-refractivity contribution >= 4 is 15.7 Å². The number of methoxy groups -OCH3 is 1. The summed E-state index contributed by atoms with van der Waals surface area (Å²) in [5.41, 5.74) is 6.08. The van der Waals surface area contributed by atoms with Crippen molar-refractivity contribution in [1.82, 2.24) is 9.62 Å². The highest BCUT2D eigenvalue weighted by molar-refractivity contribution is 7.89. The Kier molecular flexibility index (Phi) is 5.79. The second kappa shape index (κ2) is 6.92. The first-order chi connectivity index (χ1) is 9.27. The van der Waals surface area contributed by atoms with Gasteiger partial charge in [0.15, 0.2) is 0 Å². The number of nitrogen functional groups attached to an aromatic ring is 1. The molecule has 0 amide bonds. The molecule has 0 aromatic heterocycles. The number of nitrogens with zero attached hydrogens (tertiary/aromatic N) is 1. The molecule has 1 aromatic rings. The minimum Gasteiger partial charge on any atom is -0.495 e. The van der Waals surface area contributed by atoms with Crippen LogP contribution in [-0.2, 0) is 10.0 Å². The van der Waals surface area contributed by atoms with Crippen LogP contribution in [0.2, 0.25) is 0 Å². The van der Waals surface area contributed by atoms with Crippen LogP contribution in [0.4, 0.5) is 5.69 Å². The Bertz CT molecular complexity index is 544. The Balaban J connectivity index is 2.79. The van der Waals surface area contributed by atoms with E-state index in [0.717, 1.165) is 0 Å². The van der Waals surface area contributed by atoms with Crippen LogP contribution >= 0.6 is 0 Å². The Hall–Kier alpha value is -1.31. The number of benzene rings is 1. The number of hydrogen-bond donors (Lipinski definition) is 2. The largest absolute Gasteiger partial charge is 0.495 e. The Morgan fingerprint density at radius 1 is 1.40 bits per heavy atom. The van der Waals surface area contributed by atoms with E-state index in [2.05, 4.69) is 23.5 Å². The summed E-state index contributed by atoms with van der Waals surface area (Å²) in [6.45, 7) is 5.08. The normalized spacial score (nSPS) is 12.1. The minimum atomic E-state index is -3.60. The number of sulfonamides is 1. The monoisotopic (exact) mass is 301 g/mol. The number of nitrogens with two attached hydrogens (primary N) is 1. The van der Waals surface area contributed by atoms with Crippen LogP contribution in [0.25, 0.3) is 0 Å². The lowest BCUT2D eigenvalue weighted by Crippen LogP contribution is -2.36. The molecule has 0 bridgehead atoms. The number of anilines is 1. The van der Waals surface area contributed by atoms with Gasteiger partial charge in [-0.2, -0.15) is 0 Å². The zero-order chi connectivity index (χ0) is 15.3. The predicted molar refractivity (Wildman–Crippen MR) is 80.4 cm³/mol. The molecule has 0 aliphatic heterocycles. The summed E-state index contributed by atoms with van der Waals surface area (Å²) in [4.78, 5) is 2.16. The lowest BCUT2D eigenvalue weighted by molar-refractivity contribution is 0.278. The second-order valence-corrected chi connectivity index (χ2v) is 6.62. The van der Waals surface area contributed by atoms with Crippen LogP contribution in [0.1, 0.15) is 13.8 Å². The summed E-state index contributed by atoms with van der Waals surface area (Å²) < 4.78 is 32.1. The molecule has 3 N–H and O–H groups in total. The molecular formula is C13H23N3O3S. The molecule has 0 fully saturated rings. The molecule has 114 valence electrons. The van der Waals surface area contributed by atoms with Crippen molar-refractivity contribution in [2.75, 3.05) is 33.0 Å². The third-order valence-corrected chi connectivity index (χ3v) is 4.62. The molecule has 20 heavy (non-hydrogen) atoms. The van der Waals surface area contributed by atoms with Crippen molar-refractivity contribution in [3.05, 3.63) is 18.2 Å². The van der Waals surface area contributed by atoms with Crippen LogP contribution < -0.4 is 15.2 Å². The highest BCUT2D eigenvalue weighted by atomic mass is 32.2. The van der Waals surface area contributed by atoms with E-state index in [0.29, 0.717) is 24.8 Å². The average Bonchev–Trinajstić information content (AvgIpc) is 2.37. The van der Waals surface area contributed by atoms with E-state index < -0.39 is 10.0 Å². The summed E-state index contributed by atoms with van der Waals surface area (Å²) in [6.07, 6.45) is 0. The molecule has 0 atom stereocenters. The first-order valence-corrected chi connectivity index (χ1v) is 7.89. The maximum atomic E-state index is 12.2. The second-order valence-electron chi connectivity index (χ2n) is 4.88. The summed E-state index contributed by atoms with van der Waals surface area (Å²) in [5.74, 6) is 0.245. The van der Waals surface area contributed by atoms with Gasteiger partial charge in [0.05, 0.1) is 7.11 Å². The molecule has 0 spiro atoms. The van der Waals surface area contributed by atoms with Gasteiger partial charge in [-0.3, -0.25) is 0 Å². The molecule has 7 heteroatoms. The molecule has 0 aliphatic carbocycles. The third kappa shape index (κ3) is 4.36. The van der Waals surface area contributed by atoms with E-state index >= 15 is 0 Å². The number of nitrogens with one attached hydrogen (secondary N) is 1. The highest BCUT2D eigenvalue weighted by Gasteiger charge is 2.19. The summed E-state index contributed by atoms with van der Waals surface area (Å²) in [7, 11) is -0.234. The van der Waals surface area contributed by atoms with E-state index in [4.69, 9.17) is 10.5 Å². The van der Waals surface area contributed by atoms with Crippen LogP contribution in [0.15, 0.2) is 23.1 Å². The lowest BCUT2D eigenvalue weighted by atomic mass is 10.3. The van der Waals surface area contributed by atoms with Gasteiger partial charge in [0.1, 0.15) is 10.6 Å². The van der Waals surface area contributed by atoms with Gasteiger partial charge in [-0.15, -0.1) is 0 Å². The van der Waals surface area contributed by atoms with Crippen molar-refractivity contribution in [1.29, 1.82) is 0 Å². The van der Waals surface area contributed by atoms with Crippen LogP contribution in [-0.4, -0.2) is 46.6 Å². The van der Waals surface area contributed by atoms with Gasteiger partial charge in [-0.05, 0) is 33.0 Å². The van der Waals surface area contributed by atoms with Gasteiger partial charge in [-0.25, -0.2) is 13.1 Å². The molecule has 1 rings (SSSR count). The van der Waals surface area contributed by atoms with Crippen molar-refractivity contribution < 1.29 is 13.2 Å². The molecule has 0 aliphatic rings. The van der Waals surface area contributed by atoms with E-state index in [1.807, 2.05) is 7.05 Å². The topological polar surface area (TPSA) is 84.7 Å². The van der Waals surface area contributed by atoms with Crippen molar-refractivity contribution in [2.45, 2.75) is 24.8 Å². The number of rotatable bonds is 7. The predicted octanol–water partition coefficient (Wildman–Crippen LogP) is 0.896. The zero-order valence-electron chi connectivity index (χ0n) is 12.4. The van der Waals surface area contributed by atoms with Gasteiger partial charge in [-0.1, -0.05) is 0 Å². The number of hydrogen-bond acceptors (Lipinski definition) is 5. The van der Waals surface area contributed by atoms with Gasteiger partial charge in [0.25, 0.3) is 0 Å². The number of ether oxygens (including phenoxy) is 1.